The first-order valence-corrected chi connectivity index (χ1v) is 9.27. The minimum absolute atomic E-state index is 0.000178. The lowest BCUT2D eigenvalue weighted by Crippen LogP contribution is -2.29. The van der Waals surface area contributed by atoms with Crippen molar-refractivity contribution in [3.8, 4) is 11.6 Å². The van der Waals surface area contributed by atoms with Crippen LogP contribution < -0.4 is 10.6 Å². The normalized spacial score (nSPS) is 12.5. The van der Waals surface area contributed by atoms with Gasteiger partial charge in [-0.15, -0.1) is 0 Å². The smallest absolute Gasteiger partial charge is 0.389 e. The zero-order chi connectivity index (χ0) is 24.4. The van der Waals surface area contributed by atoms with Gasteiger partial charge in [0.1, 0.15) is 23.0 Å². The van der Waals surface area contributed by atoms with Crippen molar-refractivity contribution in [2.45, 2.75) is 31.8 Å². The van der Waals surface area contributed by atoms with E-state index < -0.39 is 35.2 Å². The fourth-order valence-corrected chi connectivity index (χ4v) is 2.44. The van der Waals surface area contributed by atoms with E-state index in [1.807, 2.05) is 0 Å². The number of hydrogen-bond donors (Lipinski definition) is 3. The molecule has 0 aliphatic rings. The summed E-state index contributed by atoms with van der Waals surface area (Å²) in [5.74, 6) is -0.769. The highest BCUT2D eigenvalue weighted by Crippen LogP contribution is 2.31. The molecule has 0 aliphatic carbocycles. The van der Waals surface area contributed by atoms with Crippen molar-refractivity contribution >= 4 is 17.3 Å². The molecule has 0 spiro atoms. The molecule has 0 aromatic carbocycles. The molecule has 8 nitrogen and oxygen atoms in total. The second-order valence-electron chi connectivity index (χ2n) is 7.44. The van der Waals surface area contributed by atoms with E-state index in [0.29, 0.717) is 6.07 Å². The zero-order valence-electron chi connectivity index (χ0n) is 17.1. The van der Waals surface area contributed by atoms with Crippen LogP contribution in [0, 0.1) is 0 Å². The van der Waals surface area contributed by atoms with Crippen LogP contribution in [0.1, 0.15) is 25.2 Å². The van der Waals surface area contributed by atoms with E-state index in [4.69, 9.17) is 0 Å². The van der Waals surface area contributed by atoms with Crippen LogP contribution >= 0.6 is 0 Å². The lowest BCUT2D eigenvalue weighted by Gasteiger charge is -2.19. The predicted molar refractivity (Wildman–Crippen MR) is 105 cm³/mol. The summed E-state index contributed by atoms with van der Waals surface area (Å²) in [6.07, 6.45) is -7.59. The number of nitrogens with one attached hydrogen (secondary N) is 2. The van der Waals surface area contributed by atoms with Crippen molar-refractivity contribution in [1.82, 2.24) is 24.9 Å². The monoisotopic (exact) mass is 473 g/mol. The van der Waals surface area contributed by atoms with E-state index in [-0.39, 0.29) is 29.7 Å². The van der Waals surface area contributed by atoms with Gasteiger partial charge in [0, 0.05) is 30.7 Å². The molecular formula is C19H17F6N7O. The highest BCUT2D eigenvalue weighted by molar-refractivity contribution is 5.62. The molecule has 3 N–H and O–H groups in total. The minimum Gasteiger partial charge on any atom is -0.389 e. The SMILES string of the molecule is CC(C)(O)CNc1cc(Nc2ccnc(C(F)(F)F)c2)nc(-c2nccc(C(F)(F)F)n2)n1. The third-order valence-electron chi connectivity index (χ3n) is 3.90. The van der Waals surface area contributed by atoms with Gasteiger partial charge >= 0.3 is 12.4 Å². The highest BCUT2D eigenvalue weighted by Gasteiger charge is 2.33. The van der Waals surface area contributed by atoms with Gasteiger partial charge < -0.3 is 15.7 Å². The van der Waals surface area contributed by atoms with Gasteiger partial charge in [-0.2, -0.15) is 26.3 Å². The number of aromatic nitrogens is 5. The Balaban J connectivity index is 2.02. The zero-order valence-corrected chi connectivity index (χ0v) is 17.1. The number of halogens is 6. The molecule has 176 valence electrons. The Kier molecular flexibility index (Phi) is 6.40. The Hall–Kier alpha value is -3.55. The number of alkyl halides is 6. The van der Waals surface area contributed by atoms with Gasteiger partial charge in [-0.25, -0.2) is 19.9 Å². The molecular weight excluding hydrogens is 456 g/mol. The number of rotatable bonds is 6. The van der Waals surface area contributed by atoms with Crippen LogP contribution in [0.25, 0.3) is 11.6 Å². The number of hydrogen-bond acceptors (Lipinski definition) is 8. The maximum atomic E-state index is 13.0. The molecule has 14 heteroatoms. The summed E-state index contributed by atoms with van der Waals surface area (Å²) < 4.78 is 77.9. The third kappa shape index (κ3) is 6.71. The molecule has 3 heterocycles. The summed E-state index contributed by atoms with van der Waals surface area (Å²) in [6.45, 7) is 3.01. The summed E-state index contributed by atoms with van der Waals surface area (Å²) in [6, 6.07) is 3.97. The second-order valence-corrected chi connectivity index (χ2v) is 7.44. The molecule has 0 radical (unpaired) electrons. The molecule has 0 aliphatic heterocycles. The summed E-state index contributed by atoms with van der Waals surface area (Å²) in [5.41, 5.74) is -3.56. The van der Waals surface area contributed by atoms with Gasteiger partial charge in [0.05, 0.1) is 5.60 Å². The summed E-state index contributed by atoms with van der Waals surface area (Å²) in [5, 5.41) is 15.3. The van der Waals surface area contributed by atoms with Crippen molar-refractivity contribution in [1.29, 1.82) is 0 Å². The molecule has 0 bridgehead atoms. The van der Waals surface area contributed by atoms with Crippen LogP contribution in [0.5, 0.6) is 0 Å². The van der Waals surface area contributed by atoms with Gasteiger partial charge in [0.25, 0.3) is 0 Å². The third-order valence-corrected chi connectivity index (χ3v) is 3.90. The van der Waals surface area contributed by atoms with Crippen LogP contribution in [-0.4, -0.2) is 42.2 Å². The average molecular weight is 473 g/mol. The lowest BCUT2D eigenvalue weighted by atomic mass is 10.1. The van der Waals surface area contributed by atoms with E-state index >= 15 is 0 Å². The molecule has 0 unspecified atom stereocenters. The number of aliphatic hydroxyl groups is 1. The van der Waals surface area contributed by atoms with Crippen LogP contribution in [0.2, 0.25) is 0 Å². The van der Waals surface area contributed by atoms with Crippen LogP contribution in [0.4, 0.5) is 43.7 Å². The molecule has 0 saturated heterocycles. The maximum absolute atomic E-state index is 13.0. The van der Waals surface area contributed by atoms with Crippen molar-refractivity contribution < 1.29 is 31.4 Å². The molecule has 3 aromatic heterocycles. The lowest BCUT2D eigenvalue weighted by molar-refractivity contribution is -0.141. The summed E-state index contributed by atoms with van der Waals surface area (Å²) in [7, 11) is 0. The van der Waals surface area contributed by atoms with Crippen molar-refractivity contribution in [3.05, 3.63) is 48.0 Å². The van der Waals surface area contributed by atoms with E-state index in [2.05, 4.69) is 35.6 Å². The molecule has 0 atom stereocenters. The summed E-state index contributed by atoms with van der Waals surface area (Å²) in [4.78, 5) is 18.6. The van der Waals surface area contributed by atoms with E-state index in [1.165, 1.54) is 26.0 Å². The van der Waals surface area contributed by atoms with E-state index in [1.54, 1.807) is 0 Å². The maximum Gasteiger partial charge on any atom is 0.433 e. The fraction of sp³-hybridized carbons (Fsp3) is 0.316. The van der Waals surface area contributed by atoms with E-state index in [0.717, 1.165) is 18.5 Å². The number of anilines is 3. The fourth-order valence-electron chi connectivity index (χ4n) is 2.44. The van der Waals surface area contributed by atoms with Gasteiger partial charge in [-0.05, 0) is 32.0 Å². The Morgan fingerprint density at radius 2 is 1.42 bits per heavy atom. The van der Waals surface area contributed by atoms with Crippen molar-refractivity contribution in [3.63, 3.8) is 0 Å². The topological polar surface area (TPSA) is 109 Å². The molecule has 0 fully saturated rings. The second kappa shape index (κ2) is 8.77. The Bertz CT molecular complexity index is 1130. The number of pyridine rings is 1. The Morgan fingerprint density at radius 3 is 2.06 bits per heavy atom. The quantitative estimate of drug-likeness (QED) is 0.455. The largest absolute Gasteiger partial charge is 0.433 e. The Labute approximate surface area is 183 Å². The van der Waals surface area contributed by atoms with E-state index in [9.17, 15) is 31.4 Å². The molecule has 3 aromatic rings. The highest BCUT2D eigenvalue weighted by atomic mass is 19.4. The van der Waals surface area contributed by atoms with Gasteiger partial charge in [0.2, 0.25) is 5.82 Å². The van der Waals surface area contributed by atoms with Crippen molar-refractivity contribution in [2.24, 2.45) is 0 Å². The molecule has 3 rings (SSSR count). The molecule has 0 saturated carbocycles. The minimum atomic E-state index is -4.74. The molecule has 0 amide bonds. The van der Waals surface area contributed by atoms with Gasteiger partial charge in [0.15, 0.2) is 5.82 Å². The summed E-state index contributed by atoms with van der Waals surface area (Å²) >= 11 is 0. The van der Waals surface area contributed by atoms with Gasteiger partial charge in [-0.3, -0.25) is 4.98 Å². The first-order valence-electron chi connectivity index (χ1n) is 9.27. The van der Waals surface area contributed by atoms with Crippen molar-refractivity contribution in [2.75, 3.05) is 17.2 Å². The van der Waals surface area contributed by atoms with Gasteiger partial charge in [-0.1, -0.05) is 0 Å². The first-order chi connectivity index (χ1) is 15.2. The molecule has 33 heavy (non-hydrogen) atoms. The first kappa shape index (κ1) is 24.1. The number of nitrogens with zero attached hydrogens (tertiary/aromatic N) is 5. The predicted octanol–water partition coefficient (Wildman–Crippen LogP) is 4.29. The Morgan fingerprint density at radius 1 is 0.788 bits per heavy atom. The van der Waals surface area contributed by atoms with Crippen LogP contribution in [0.3, 0.4) is 0 Å². The average Bonchev–Trinajstić information content (AvgIpc) is 2.71. The standard InChI is InChI=1S/C19H17F6N7O/c1-17(2,33)9-28-13-8-14(29-10-3-5-26-12(7-10)19(23,24)25)32-16(31-13)15-27-6-4-11(30-15)18(20,21)22/h3-8,33H,9H2,1-2H3,(H2,26,28,29,31,32). The van der Waals surface area contributed by atoms with Crippen LogP contribution in [0.15, 0.2) is 36.7 Å². The van der Waals surface area contributed by atoms with Crippen LogP contribution in [-0.2, 0) is 12.4 Å².